The largest absolute Gasteiger partial charge is 0.479 e. The van der Waals surface area contributed by atoms with Gasteiger partial charge in [0, 0.05) is 22.8 Å². The molecule has 3 rings (SSSR count). The number of carbonyl (C=O) groups is 1. The summed E-state index contributed by atoms with van der Waals surface area (Å²) in [6.45, 7) is 0.168. The highest BCUT2D eigenvalue weighted by Gasteiger charge is 2.54. The number of ether oxygens (including phenoxy) is 2. The minimum absolute atomic E-state index is 0.168. The van der Waals surface area contributed by atoms with Crippen molar-refractivity contribution in [1.29, 1.82) is 0 Å². The molecule has 1 N–H and O–H groups in total. The summed E-state index contributed by atoms with van der Waals surface area (Å²) in [6, 6.07) is 10.1. The van der Waals surface area contributed by atoms with Crippen molar-refractivity contribution in [2.75, 3.05) is 6.61 Å². The normalized spacial score (nSPS) is 20.4. The van der Waals surface area contributed by atoms with Crippen molar-refractivity contribution in [3.63, 3.8) is 0 Å². The zero-order chi connectivity index (χ0) is 14.2. The molecule has 102 valence electrons. The first-order valence-electron chi connectivity index (χ1n) is 5.87. The molecule has 5 nitrogen and oxygen atoms in total. The molecule has 0 radical (unpaired) electrons. The number of carboxylic acids is 1. The molecule has 0 spiro atoms. The minimum Gasteiger partial charge on any atom is -0.479 e. The second kappa shape index (κ2) is 4.77. The van der Waals surface area contributed by atoms with Crippen LogP contribution in [0.2, 0.25) is 5.02 Å². The quantitative estimate of drug-likeness (QED) is 0.877. The van der Waals surface area contributed by atoms with Crippen molar-refractivity contribution >= 4 is 17.6 Å². The second-order valence-corrected chi connectivity index (χ2v) is 4.80. The van der Waals surface area contributed by atoms with Crippen molar-refractivity contribution < 1.29 is 19.4 Å². The lowest BCUT2D eigenvalue weighted by Gasteiger charge is -2.08. The molecule has 2 heterocycles. The van der Waals surface area contributed by atoms with Gasteiger partial charge in [0.2, 0.25) is 11.5 Å². The van der Waals surface area contributed by atoms with Crippen molar-refractivity contribution in [3.05, 3.63) is 53.2 Å². The summed E-state index contributed by atoms with van der Waals surface area (Å²) in [7, 11) is 0. The fourth-order valence-corrected chi connectivity index (χ4v) is 1.91. The highest BCUT2D eigenvalue weighted by molar-refractivity contribution is 6.30. The van der Waals surface area contributed by atoms with Crippen molar-refractivity contribution in [2.45, 2.75) is 5.60 Å². The number of halogens is 1. The molecule has 6 heteroatoms. The van der Waals surface area contributed by atoms with Crippen LogP contribution in [-0.4, -0.2) is 22.7 Å². The number of nitrogens with zero attached hydrogens (tertiary/aromatic N) is 1. The first-order valence-corrected chi connectivity index (χ1v) is 6.25. The van der Waals surface area contributed by atoms with Gasteiger partial charge in [0.1, 0.15) is 5.75 Å². The second-order valence-electron chi connectivity index (χ2n) is 4.36. The van der Waals surface area contributed by atoms with E-state index in [4.69, 9.17) is 26.2 Å². The summed E-state index contributed by atoms with van der Waals surface area (Å²) in [6.07, 6.45) is 1.45. The molecule has 0 bridgehead atoms. The number of hydrogen-bond acceptors (Lipinski definition) is 4. The van der Waals surface area contributed by atoms with Gasteiger partial charge in [0.05, 0.1) is 6.61 Å². The molecular weight excluding hydrogens is 282 g/mol. The van der Waals surface area contributed by atoms with Crippen LogP contribution in [0.25, 0.3) is 0 Å². The third kappa shape index (κ3) is 2.33. The van der Waals surface area contributed by atoms with E-state index in [0.29, 0.717) is 22.2 Å². The van der Waals surface area contributed by atoms with Crippen LogP contribution in [0.5, 0.6) is 11.6 Å². The van der Waals surface area contributed by atoms with Gasteiger partial charge in [0.15, 0.2) is 0 Å². The van der Waals surface area contributed by atoms with E-state index in [9.17, 15) is 4.79 Å². The van der Waals surface area contributed by atoms with Gasteiger partial charge in [0.25, 0.3) is 0 Å². The summed E-state index contributed by atoms with van der Waals surface area (Å²) in [5.41, 5.74) is -0.723. The molecule has 0 saturated carbocycles. The maximum absolute atomic E-state index is 11.1. The summed E-state index contributed by atoms with van der Waals surface area (Å²) in [5.74, 6) is -0.0341. The Balaban J connectivity index is 1.77. The molecule has 20 heavy (non-hydrogen) atoms. The van der Waals surface area contributed by atoms with Gasteiger partial charge in [-0.2, -0.15) is 0 Å². The third-order valence-electron chi connectivity index (χ3n) is 3.02. The van der Waals surface area contributed by atoms with E-state index in [1.807, 2.05) is 0 Å². The summed E-state index contributed by atoms with van der Waals surface area (Å²) >= 11 is 5.78. The molecule has 1 aromatic carbocycles. The molecule has 1 aromatic heterocycles. The molecule has 1 atom stereocenters. The number of carboxylic acid groups (broad SMARTS) is 1. The molecule has 1 saturated heterocycles. The van der Waals surface area contributed by atoms with Crippen molar-refractivity contribution in [3.8, 4) is 11.6 Å². The maximum Gasteiger partial charge on any atom is 0.343 e. The molecule has 1 aliphatic heterocycles. The first kappa shape index (κ1) is 12.9. The highest BCUT2D eigenvalue weighted by Crippen LogP contribution is 2.39. The van der Waals surface area contributed by atoms with Crippen LogP contribution < -0.4 is 4.74 Å². The molecule has 0 aliphatic carbocycles. The number of aliphatic carboxylic acids is 1. The van der Waals surface area contributed by atoms with E-state index >= 15 is 0 Å². The average molecular weight is 292 g/mol. The average Bonchev–Trinajstić information content (AvgIpc) is 3.24. The van der Waals surface area contributed by atoms with E-state index in [0.717, 1.165) is 0 Å². The number of epoxide rings is 1. The SMILES string of the molecule is O=C(O)C1(c2ccc(Oc3ccc(Cl)cc3)nc2)CO1. The highest BCUT2D eigenvalue weighted by atomic mass is 35.5. The van der Waals surface area contributed by atoms with Crippen LogP contribution >= 0.6 is 11.6 Å². The number of pyridine rings is 1. The van der Waals surface area contributed by atoms with Crippen LogP contribution in [-0.2, 0) is 15.1 Å². The van der Waals surface area contributed by atoms with E-state index in [-0.39, 0.29) is 6.61 Å². The Morgan fingerprint density at radius 3 is 2.50 bits per heavy atom. The predicted molar refractivity (Wildman–Crippen MR) is 71.0 cm³/mol. The number of rotatable bonds is 4. The van der Waals surface area contributed by atoms with Gasteiger partial charge in [-0.3, -0.25) is 0 Å². The lowest BCUT2D eigenvalue weighted by molar-refractivity contribution is -0.143. The topological polar surface area (TPSA) is 72.0 Å². The van der Waals surface area contributed by atoms with E-state index in [1.165, 1.54) is 6.20 Å². The Hall–Kier alpha value is -2.11. The van der Waals surface area contributed by atoms with Gasteiger partial charge in [-0.05, 0) is 30.3 Å². The molecule has 0 amide bonds. The van der Waals surface area contributed by atoms with Gasteiger partial charge in [-0.15, -0.1) is 0 Å². The molecule has 2 aromatic rings. The fraction of sp³-hybridized carbons (Fsp3) is 0.143. The number of benzene rings is 1. The standard InChI is InChI=1S/C14H10ClNO4/c15-10-2-4-11(5-3-10)20-12-6-1-9(7-16-12)14(8-19-14)13(17)18/h1-7H,8H2,(H,17,18). The summed E-state index contributed by atoms with van der Waals surface area (Å²) in [4.78, 5) is 15.2. The monoisotopic (exact) mass is 291 g/mol. The van der Waals surface area contributed by atoms with Crippen LogP contribution in [0.4, 0.5) is 0 Å². The van der Waals surface area contributed by atoms with E-state index in [1.54, 1.807) is 36.4 Å². The lowest BCUT2D eigenvalue weighted by atomic mass is 10.0. The number of aromatic nitrogens is 1. The summed E-state index contributed by atoms with van der Waals surface area (Å²) in [5, 5.41) is 9.71. The Bertz CT molecular complexity index is 635. The Morgan fingerprint density at radius 2 is 2.00 bits per heavy atom. The zero-order valence-corrected chi connectivity index (χ0v) is 11.0. The van der Waals surface area contributed by atoms with Crippen molar-refractivity contribution in [2.24, 2.45) is 0 Å². The van der Waals surface area contributed by atoms with Crippen molar-refractivity contribution in [1.82, 2.24) is 4.98 Å². The lowest BCUT2D eigenvalue weighted by Crippen LogP contribution is -2.21. The van der Waals surface area contributed by atoms with Crippen LogP contribution in [0.15, 0.2) is 42.6 Å². The van der Waals surface area contributed by atoms with Crippen LogP contribution in [0.1, 0.15) is 5.56 Å². The molecule has 1 aliphatic rings. The smallest absolute Gasteiger partial charge is 0.343 e. The Labute approximate surface area is 119 Å². The number of hydrogen-bond donors (Lipinski definition) is 1. The molecular formula is C14H10ClNO4. The predicted octanol–water partition coefficient (Wildman–Crippen LogP) is 2.84. The fourth-order valence-electron chi connectivity index (χ4n) is 1.79. The first-order chi connectivity index (χ1) is 9.60. The van der Waals surface area contributed by atoms with Crippen LogP contribution in [0, 0.1) is 0 Å². The van der Waals surface area contributed by atoms with E-state index < -0.39 is 11.6 Å². The Kier molecular flexibility index (Phi) is 3.08. The molecule has 1 fully saturated rings. The third-order valence-corrected chi connectivity index (χ3v) is 3.27. The van der Waals surface area contributed by atoms with Gasteiger partial charge >= 0.3 is 5.97 Å². The van der Waals surface area contributed by atoms with Gasteiger partial charge in [-0.25, -0.2) is 9.78 Å². The Morgan fingerprint density at radius 1 is 1.30 bits per heavy atom. The zero-order valence-electron chi connectivity index (χ0n) is 10.2. The minimum atomic E-state index is -1.23. The van der Waals surface area contributed by atoms with Gasteiger partial charge in [-0.1, -0.05) is 11.6 Å². The van der Waals surface area contributed by atoms with Gasteiger partial charge < -0.3 is 14.6 Å². The maximum atomic E-state index is 11.1. The summed E-state index contributed by atoms with van der Waals surface area (Å²) < 4.78 is 10.5. The van der Waals surface area contributed by atoms with Crippen LogP contribution in [0.3, 0.4) is 0 Å². The van der Waals surface area contributed by atoms with E-state index in [2.05, 4.69) is 4.98 Å². The molecule has 1 unspecified atom stereocenters.